The zero-order valence-corrected chi connectivity index (χ0v) is 23.9. The topological polar surface area (TPSA) is 154 Å². The van der Waals surface area contributed by atoms with Gasteiger partial charge >= 0.3 is 5.97 Å². The van der Waals surface area contributed by atoms with E-state index in [9.17, 15) is 18.4 Å². The molecule has 4 heterocycles. The third-order valence-corrected chi connectivity index (χ3v) is 6.77. The van der Waals surface area contributed by atoms with Crippen molar-refractivity contribution >= 4 is 46.2 Å². The van der Waals surface area contributed by atoms with Gasteiger partial charge in [-0.3, -0.25) is 9.59 Å². The number of nitrogens with two attached hydrogens (primary N) is 1. The number of nitrogen functional groups attached to an aromatic ring is 1. The van der Waals surface area contributed by atoms with E-state index in [4.69, 9.17) is 10.8 Å². The second-order valence-corrected chi connectivity index (χ2v) is 10.3. The predicted molar refractivity (Wildman–Crippen MR) is 159 cm³/mol. The zero-order valence-electron chi connectivity index (χ0n) is 22.2. The number of benzene rings is 2. The zero-order chi connectivity index (χ0) is 30.6. The van der Waals surface area contributed by atoms with Crippen LogP contribution in [0.1, 0.15) is 11.1 Å². The number of thiazole rings is 2. The number of carbonyl (C=O) groups is 2. The molecule has 0 aliphatic carbocycles. The molecule has 0 saturated carbocycles. The maximum absolute atomic E-state index is 12.8. The Morgan fingerprint density at radius 2 is 1.28 bits per heavy atom. The summed E-state index contributed by atoms with van der Waals surface area (Å²) in [5.74, 6) is -0.805. The van der Waals surface area contributed by atoms with Gasteiger partial charge in [0.15, 0.2) is 5.82 Å². The summed E-state index contributed by atoms with van der Waals surface area (Å²) >= 11 is 2.98. The molecule has 11 nitrogen and oxygen atoms in total. The largest absolute Gasteiger partial charge is 0.481 e. The van der Waals surface area contributed by atoms with Crippen LogP contribution < -0.4 is 11.1 Å². The van der Waals surface area contributed by atoms with Crippen LogP contribution in [0.5, 0.6) is 0 Å². The molecule has 1 amide bonds. The van der Waals surface area contributed by atoms with Crippen LogP contribution in [0.2, 0.25) is 0 Å². The molecular weight excluding hydrogens is 598 g/mol. The molecule has 0 aliphatic heterocycles. The Morgan fingerprint density at radius 1 is 0.767 bits per heavy atom. The van der Waals surface area contributed by atoms with E-state index in [0.717, 1.165) is 15.8 Å². The van der Waals surface area contributed by atoms with Crippen LogP contribution in [0.3, 0.4) is 0 Å². The minimum absolute atomic E-state index is 0.0553. The van der Waals surface area contributed by atoms with Crippen LogP contribution in [0.15, 0.2) is 96.2 Å². The van der Waals surface area contributed by atoms with Crippen LogP contribution in [-0.4, -0.2) is 46.5 Å². The Labute approximate surface area is 251 Å². The van der Waals surface area contributed by atoms with Gasteiger partial charge in [-0.15, -0.1) is 32.9 Å². The summed E-state index contributed by atoms with van der Waals surface area (Å²) in [6.45, 7) is 0. The number of aliphatic carboxylic acids is 1. The maximum Gasteiger partial charge on any atom is 0.307 e. The smallest absolute Gasteiger partial charge is 0.307 e. The SMILES string of the molecule is Nc1ccn(-c2nccs2)n1.O=C(Cc1ccc(F)cc1)Nc1ccn(-c2nccs2)n1.O=C(O)Cc1ccc(F)cc1. The summed E-state index contributed by atoms with van der Waals surface area (Å²) in [4.78, 5) is 30.2. The van der Waals surface area contributed by atoms with E-state index in [2.05, 4.69) is 25.5 Å². The Bertz CT molecular complexity index is 1720. The van der Waals surface area contributed by atoms with Crippen molar-refractivity contribution in [3.05, 3.63) is 119 Å². The summed E-state index contributed by atoms with van der Waals surface area (Å²) < 4.78 is 28.3. The van der Waals surface area contributed by atoms with Gasteiger partial charge in [0.25, 0.3) is 0 Å². The Balaban J connectivity index is 0.000000162. The molecule has 6 rings (SSSR count). The number of carbonyl (C=O) groups excluding carboxylic acids is 1. The fraction of sp³-hybridized carbons (Fsp3) is 0.0714. The number of carboxylic acids is 1. The summed E-state index contributed by atoms with van der Waals surface area (Å²) in [6.07, 6.45) is 7.05. The molecule has 4 N–H and O–H groups in total. The van der Waals surface area contributed by atoms with Crippen molar-refractivity contribution in [3.8, 4) is 10.3 Å². The minimum atomic E-state index is -0.906. The van der Waals surface area contributed by atoms with Crippen LogP contribution in [0, 0.1) is 11.6 Å². The number of nitrogens with one attached hydrogen (secondary N) is 1. The van der Waals surface area contributed by atoms with Gasteiger partial charge in [0.1, 0.15) is 17.5 Å². The fourth-order valence-electron chi connectivity index (χ4n) is 3.35. The number of hydrogen-bond acceptors (Lipinski definition) is 9. The van der Waals surface area contributed by atoms with Gasteiger partial charge in [0.2, 0.25) is 16.2 Å². The van der Waals surface area contributed by atoms with E-state index < -0.39 is 5.97 Å². The van der Waals surface area contributed by atoms with E-state index >= 15 is 0 Å². The lowest BCUT2D eigenvalue weighted by Crippen LogP contribution is -2.15. The summed E-state index contributed by atoms with van der Waals surface area (Å²) in [7, 11) is 0. The molecule has 0 saturated heterocycles. The van der Waals surface area contributed by atoms with Gasteiger partial charge in [-0.1, -0.05) is 24.3 Å². The normalized spacial score (nSPS) is 10.2. The molecule has 0 atom stereocenters. The quantitative estimate of drug-likeness (QED) is 0.225. The Morgan fingerprint density at radius 3 is 1.74 bits per heavy atom. The van der Waals surface area contributed by atoms with Gasteiger partial charge < -0.3 is 16.2 Å². The standard InChI is InChI=1S/C14H11FN4OS.C8H7FO2.C6H6N4S/c15-11-3-1-10(2-4-11)9-13(20)17-12-5-7-19(18-12)14-16-6-8-21-14;9-7-3-1-6(2-4-7)5-8(10)11;7-5-1-3-10(9-5)6-8-2-4-11-6/h1-8H,9H2,(H,17,18,20);1-4H,5H2,(H,10,11);1-4H,(H2,7,9). The van der Waals surface area contributed by atoms with Crippen molar-refractivity contribution in [3.63, 3.8) is 0 Å². The van der Waals surface area contributed by atoms with Crippen molar-refractivity contribution in [2.24, 2.45) is 0 Å². The van der Waals surface area contributed by atoms with Crippen molar-refractivity contribution < 1.29 is 23.5 Å². The molecule has 0 spiro atoms. The van der Waals surface area contributed by atoms with Crippen LogP contribution in [0.25, 0.3) is 10.3 Å². The van der Waals surface area contributed by atoms with Gasteiger partial charge in [-0.25, -0.2) is 28.1 Å². The number of carboxylic acid groups (broad SMARTS) is 1. The number of hydrogen-bond donors (Lipinski definition) is 3. The van der Waals surface area contributed by atoms with Crippen molar-refractivity contribution in [1.82, 2.24) is 29.5 Å². The second-order valence-electron chi connectivity index (χ2n) is 8.51. The number of aromatic nitrogens is 6. The average Bonchev–Trinajstić information content (AvgIpc) is 3.80. The number of halogens is 2. The third kappa shape index (κ3) is 9.94. The van der Waals surface area contributed by atoms with Gasteiger partial charge in [0, 0.05) is 47.7 Å². The molecule has 6 aromatic rings. The molecule has 2 aromatic carbocycles. The lowest BCUT2D eigenvalue weighted by Gasteiger charge is -2.02. The van der Waals surface area contributed by atoms with E-state index in [1.165, 1.54) is 59.1 Å². The molecular formula is C28H24F2N8O3S2. The van der Waals surface area contributed by atoms with Gasteiger partial charge in [0.05, 0.1) is 12.8 Å². The van der Waals surface area contributed by atoms with Gasteiger partial charge in [-0.05, 0) is 35.4 Å². The highest BCUT2D eigenvalue weighted by Gasteiger charge is 2.08. The monoisotopic (exact) mass is 622 g/mol. The minimum Gasteiger partial charge on any atom is -0.481 e. The van der Waals surface area contributed by atoms with Crippen molar-refractivity contribution in [2.45, 2.75) is 12.8 Å². The first kappa shape index (κ1) is 30.7. The summed E-state index contributed by atoms with van der Waals surface area (Å²) in [5.41, 5.74) is 6.78. The number of anilines is 2. The van der Waals surface area contributed by atoms with E-state index in [1.54, 1.807) is 58.4 Å². The van der Waals surface area contributed by atoms with Gasteiger partial charge in [-0.2, -0.15) is 0 Å². The molecule has 15 heteroatoms. The molecule has 0 bridgehead atoms. The van der Waals surface area contributed by atoms with E-state index in [-0.39, 0.29) is 30.4 Å². The first-order valence-corrected chi connectivity index (χ1v) is 14.2. The molecule has 4 aromatic heterocycles. The molecule has 0 aliphatic rings. The maximum atomic E-state index is 12.8. The molecule has 43 heavy (non-hydrogen) atoms. The first-order valence-electron chi connectivity index (χ1n) is 12.4. The van der Waals surface area contributed by atoms with Crippen molar-refractivity contribution in [2.75, 3.05) is 11.1 Å². The fourth-order valence-corrected chi connectivity index (χ4v) is 4.50. The van der Waals surface area contributed by atoms with Crippen LogP contribution in [0.4, 0.5) is 20.4 Å². The van der Waals surface area contributed by atoms with Crippen molar-refractivity contribution in [1.29, 1.82) is 0 Å². The average molecular weight is 623 g/mol. The summed E-state index contributed by atoms with van der Waals surface area (Å²) in [5, 5.41) is 24.6. The molecule has 0 radical (unpaired) electrons. The van der Waals surface area contributed by atoms with Crippen LogP contribution in [-0.2, 0) is 22.4 Å². The second kappa shape index (κ2) is 15.1. The Kier molecular flexibility index (Phi) is 10.8. The molecule has 0 fully saturated rings. The lowest BCUT2D eigenvalue weighted by atomic mass is 10.1. The third-order valence-electron chi connectivity index (χ3n) is 5.24. The highest BCUT2D eigenvalue weighted by Crippen LogP contribution is 2.13. The highest BCUT2D eigenvalue weighted by molar-refractivity contribution is 7.12. The predicted octanol–water partition coefficient (Wildman–Crippen LogP) is 5.01. The number of rotatable bonds is 7. The van der Waals surface area contributed by atoms with E-state index in [0.29, 0.717) is 17.2 Å². The lowest BCUT2D eigenvalue weighted by molar-refractivity contribution is -0.136. The Hall–Kier alpha value is -5.28. The highest BCUT2D eigenvalue weighted by atomic mass is 32.1. The molecule has 0 unspecified atom stereocenters. The summed E-state index contributed by atoms with van der Waals surface area (Å²) in [6, 6.07) is 14.7. The molecule has 220 valence electrons. The van der Waals surface area contributed by atoms with Crippen LogP contribution >= 0.6 is 22.7 Å². The number of amides is 1. The van der Waals surface area contributed by atoms with E-state index in [1.807, 2.05) is 10.8 Å². The first-order chi connectivity index (χ1) is 20.7. The number of nitrogens with zero attached hydrogens (tertiary/aromatic N) is 6.